The summed E-state index contributed by atoms with van der Waals surface area (Å²) in [5.41, 5.74) is 6.78. The lowest BCUT2D eigenvalue weighted by atomic mass is 10.0. The standard InChI is InChI=1S/C33H36N6/c1-25(2)39-17-15-38(16-18-39)14-8-12-28-19-30(24-34-22-28)29-20-32(31-13-7-9-26(3)36-31)37-33(21-29)35-23-27-10-5-4-6-11-27/h4-7,9-11,13,19-22,24-25H,14-18,23H2,1-3H3,(H,35,37). The molecule has 0 radical (unpaired) electrons. The molecule has 0 bridgehead atoms. The number of aryl methyl sites for hydroxylation is 1. The number of hydrogen-bond acceptors (Lipinski definition) is 6. The van der Waals surface area contributed by atoms with E-state index in [0.29, 0.717) is 12.6 Å². The van der Waals surface area contributed by atoms with Crippen molar-refractivity contribution in [2.75, 3.05) is 38.0 Å². The van der Waals surface area contributed by atoms with E-state index in [4.69, 9.17) is 9.97 Å². The van der Waals surface area contributed by atoms with Crippen LogP contribution in [0.1, 0.15) is 30.7 Å². The second-order valence-electron chi connectivity index (χ2n) is 10.3. The van der Waals surface area contributed by atoms with Gasteiger partial charge in [0.05, 0.1) is 17.9 Å². The minimum atomic E-state index is 0.608. The molecule has 4 aromatic rings. The van der Waals surface area contributed by atoms with Crippen LogP contribution in [0.15, 0.2) is 79.1 Å². The van der Waals surface area contributed by atoms with Crippen molar-refractivity contribution in [1.82, 2.24) is 24.8 Å². The van der Waals surface area contributed by atoms with Gasteiger partial charge < -0.3 is 5.32 Å². The number of piperazine rings is 1. The topological polar surface area (TPSA) is 57.2 Å². The maximum Gasteiger partial charge on any atom is 0.127 e. The van der Waals surface area contributed by atoms with Gasteiger partial charge in [0, 0.05) is 68.0 Å². The Bertz CT molecular complexity index is 1450. The van der Waals surface area contributed by atoms with Gasteiger partial charge in [-0.25, -0.2) is 4.98 Å². The zero-order valence-corrected chi connectivity index (χ0v) is 23.1. The van der Waals surface area contributed by atoms with E-state index >= 15 is 0 Å². The highest BCUT2D eigenvalue weighted by atomic mass is 15.3. The first kappa shape index (κ1) is 26.6. The monoisotopic (exact) mass is 516 g/mol. The van der Waals surface area contributed by atoms with Gasteiger partial charge in [-0.1, -0.05) is 48.2 Å². The largest absolute Gasteiger partial charge is 0.366 e. The molecule has 5 rings (SSSR count). The molecule has 1 saturated heterocycles. The average molecular weight is 517 g/mol. The van der Waals surface area contributed by atoms with Gasteiger partial charge in [-0.3, -0.25) is 19.8 Å². The van der Waals surface area contributed by atoms with E-state index in [1.54, 1.807) is 0 Å². The smallest absolute Gasteiger partial charge is 0.127 e. The minimum Gasteiger partial charge on any atom is -0.366 e. The Morgan fingerprint density at radius 3 is 2.44 bits per heavy atom. The third-order valence-corrected chi connectivity index (χ3v) is 7.04. The summed E-state index contributed by atoms with van der Waals surface area (Å²) in [6.45, 7) is 12.3. The molecule has 0 saturated carbocycles. The molecule has 39 heavy (non-hydrogen) atoms. The van der Waals surface area contributed by atoms with E-state index in [2.05, 4.69) is 76.1 Å². The van der Waals surface area contributed by atoms with Crippen LogP contribution in [0.5, 0.6) is 0 Å². The first-order valence-electron chi connectivity index (χ1n) is 13.7. The molecule has 1 fully saturated rings. The van der Waals surface area contributed by atoms with Gasteiger partial charge in [0.1, 0.15) is 5.82 Å². The first-order chi connectivity index (χ1) is 19.0. The van der Waals surface area contributed by atoms with Crippen LogP contribution in [0.3, 0.4) is 0 Å². The van der Waals surface area contributed by atoms with E-state index in [1.165, 1.54) is 5.56 Å². The highest BCUT2D eigenvalue weighted by Gasteiger charge is 2.17. The van der Waals surface area contributed by atoms with Crippen LogP contribution in [-0.2, 0) is 6.54 Å². The molecule has 0 amide bonds. The maximum atomic E-state index is 4.89. The van der Waals surface area contributed by atoms with Crippen LogP contribution in [0.25, 0.3) is 22.5 Å². The highest BCUT2D eigenvalue weighted by Crippen LogP contribution is 2.27. The van der Waals surface area contributed by atoms with Gasteiger partial charge in [-0.2, -0.15) is 0 Å². The summed E-state index contributed by atoms with van der Waals surface area (Å²) in [5, 5.41) is 3.49. The lowest BCUT2D eigenvalue weighted by Crippen LogP contribution is -2.48. The molecule has 0 spiro atoms. The van der Waals surface area contributed by atoms with Crippen LogP contribution >= 0.6 is 0 Å². The Balaban J connectivity index is 1.37. The lowest BCUT2D eigenvalue weighted by Gasteiger charge is -2.36. The third-order valence-electron chi connectivity index (χ3n) is 7.04. The van der Waals surface area contributed by atoms with Gasteiger partial charge in [0.15, 0.2) is 0 Å². The van der Waals surface area contributed by atoms with Gasteiger partial charge >= 0.3 is 0 Å². The summed E-state index contributed by atoms with van der Waals surface area (Å²) in [5.74, 6) is 7.51. The zero-order chi connectivity index (χ0) is 27.0. The molecule has 6 heteroatoms. The van der Waals surface area contributed by atoms with E-state index in [0.717, 1.165) is 72.3 Å². The summed E-state index contributed by atoms with van der Waals surface area (Å²) in [4.78, 5) is 19.1. The number of anilines is 1. The Morgan fingerprint density at radius 2 is 1.67 bits per heavy atom. The Kier molecular flexibility index (Phi) is 8.62. The van der Waals surface area contributed by atoms with Crippen molar-refractivity contribution in [2.24, 2.45) is 0 Å². The van der Waals surface area contributed by atoms with Crippen molar-refractivity contribution >= 4 is 5.82 Å². The quantitative estimate of drug-likeness (QED) is 0.327. The van der Waals surface area contributed by atoms with Crippen molar-refractivity contribution in [3.8, 4) is 34.4 Å². The Morgan fingerprint density at radius 1 is 0.846 bits per heavy atom. The number of nitrogens with one attached hydrogen (secondary N) is 1. The average Bonchev–Trinajstić information content (AvgIpc) is 2.97. The highest BCUT2D eigenvalue weighted by molar-refractivity contribution is 5.73. The SMILES string of the molecule is Cc1cccc(-c2cc(-c3cncc(C#CCN4CCN(C(C)C)CC4)c3)cc(NCc3ccccc3)n2)n1. The molecule has 0 unspecified atom stereocenters. The van der Waals surface area contributed by atoms with Crippen molar-refractivity contribution in [3.05, 3.63) is 95.9 Å². The molecule has 0 atom stereocenters. The Hall–Kier alpha value is -4.05. The molecule has 1 N–H and O–H groups in total. The molecule has 4 heterocycles. The summed E-state index contributed by atoms with van der Waals surface area (Å²) < 4.78 is 0. The number of pyridine rings is 3. The van der Waals surface area contributed by atoms with Crippen LogP contribution in [0.4, 0.5) is 5.82 Å². The molecule has 198 valence electrons. The fourth-order valence-corrected chi connectivity index (χ4v) is 4.75. The van der Waals surface area contributed by atoms with Gasteiger partial charge in [0.25, 0.3) is 0 Å². The molecule has 6 nitrogen and oxygen atoms in total. The Labute approximate surface area is 232 Å². The summed E-state index contributed by atoms with van der Waals surface area (Å²) in [7, 11) is 0. The van der Waals surface area contributed by atoms with Gasteiger partial charge in [-0.05, 0) is 62.2 Å². The molecular formula is C33H36N6. The van der Waals surface area contributed by atoms with Crippen LogP contribution in [-0.4, -0.2) is 63.5 Å². The second-order valence-corrected chi connectivity index (χ2v) is 10.3. The predicted molar refractivity (Wildman–Crippen MR) is 159 cm³/mol. The molecule has 1 aromatic carbocycles. The number of aromatic nitrogens is 3. The van der Waals surface area contributed by atoms with E-state index < -0.39 is 0 Å². The van der Waals surface area contributed by atoms with Crippen molar-refractivity contribution in [1.29, 1.82) is 0 Å². The van der Waals surface area contributed by atoms with Crippen molar-refractivity contribution in [2.45, 2.75) is 33.4 Å². The van der Waals surface area contributed by atoms with E-state index in [1.807, 2.05) is 55.7 Å². The van der Waals surface area contributed by atoms with E-state index in [9.17, 15) is 0 Å². The van der Waals surface area contributed by atoms with Gasteiger partial charge in [-0.15, -0.1) is 0 Å². The van der Waals surface area contributed by atoms with Gasteiger partial charge in [0.2, 0.25) is 0 Å². The van der Waals surface area contributed by atoms with Crippen LogP contribution in [0, 0.1) is 18.8 Å². The summed E-state index contributed by atoms with van der Waals surface area (Å²) >= 11 is 0. The maximum absolute atomic E-state index is 4.89. The van der Waals surface area contributed by atoms with Crippen LogP contribution < -0.4 is 5.32 Å². The van der Waals surface area contributed by atoms with Crippen LogP contribution in [0.2, 0.25) is 0 Å². The summed E-state index contributed by atoms with van der Waals surface area (Å²) in [6.07, 6.45) is 3.73. The first-order valence-corrected chi connectivity index (χ1v) is 13.7. The second kappa shape index (κ2) is 12.7. The van der Waals surface area contributed by atoms with Crippen molar-refractivity contribution < 1.29 is 0 Å². The zero-order valence-electron chi connectivity index (χ0n) is 23.1. The fourth-order valence-electron chi connectivity index (χ4n) is 4.75. The number of nitrogens with zero attached hydrogens (tertiary/aromatic N) is 5. The van der Waals surface area contributed by atoms with E-state index in [-0.39, 0.29) is 0 Å². The normalized spacial score (nSPS) is 14.2. The van der Waals surface area contributed by atoms with Crippen molar-refractivity contribution in [3.63, 3.8) is 0 Å². The minimum absolute atomic E-state index is 0.608. The molecule has 1 aliphatic heterocycles. The number of hydrogen-bond donors (Lipinski definition) is 1. The summed E-state index contributed by atoms with van der Waals surface area (Å²) in [6, 6.07) is 23.2. The number of benzene rings is 1. The molecular weight excluding hydrogens is 480 g/mol. The fraction of sp³-hybridized carbons (Fsp3) is 0.303. The number of rotatable bonds is 7. The third kappa shape index (κ3) is 7.29. The molecule has 3 aromatic heterocycles. The molecule has 1 aliphatic rings. The predicted octanol–water partition coefficient (Wildman–Crippen LogP) is 5.50. The lowest BCUT2D eigenvalue weighted by molar-refractivity contribution is 0.118. The molecule has 0 aliphatic carbocycles.